The summed E-state index contributed by atoms with van der Waals surface area (Å²) in [6.45, 7) is 1.13. The van der Waals surface area contributed by atoms with E-state index in [-0.39, 0.29) is 23.6 Å². The van der Waals surface area contributed by atoms with Crippen LogP contribution in [0.2, 0.25) is 0 Å². The van der Waals surface area contributed by atoms with E-state index in [2.05, 4.69) is 15.9 Å². The van der Waals surface area contributed by atoms with Gasteiger partial charge in [0, 0.05) is 10.0 Å². The van der Waals surface area contributed by atoms with Gasteiger partial charge in [0.2, 0.25) is 0 Å². The van der Waals surface area contributed by atoms with E-state index >= 15 is 0 Å². The molecule has 1 saturated heterocycles. The molecule has 25 heavy (non-hydrogen) atoms. The maximum atomic E-state index is 14.8. The Balaban J connectivity index is 2.04. The highest BCUT2D eigenvalue weighted by atomic mass is 79.9. The lowest BCUT2D eigenvalue weighted by Gasteiger charge is -2.21. The Morgan fingerprint density at radius 3 is 2.60 bits per heavy atom. The van der Waals surface area contributed by atoms with Crippen LogP contribution in [-0.4, -0.2) is 20.9 Å². The van der Waals surface area contributed by atoms with Crippen molar-refractivity contribution in [2.75, 3.05) is 10.8 Å². The highest BCUT2D eigenvalue weighted by molar-refractivity contribution is 9.10. The molecular weight excluding hydrogens is 415 g/mol. The molecule has 2 aromatic rings. The van der Waals surface area contributed by atoms with Gasteiger partial charge in [-0.2, -0.15) is 8.42 Å². The summed E-state index contributed by atoms with van der Waals surface area (Å²) in [5.41, 5.74) is 0.774. The number of halogens is 2. The number of amides is 1. The fourth-order valence-corrected chi connectivity index (χ4v) is 3.95. The average molecular weight is 429 g/mol. The molecule has 0 aliphatic carbocycles. The van der Waals surface area contributed by atoms with E-state index in [4.69, 9.17) is 4.74 Å². The number of benzene rings is 2. The van der Waals surface area contributed by atoms with Gasteiger partial charge in [-0.3, -0.25) is 4.79 Å². The van der Waals surface area contributed by atoms with Gasteiger partial charge in [-0.1, -0.05) is 46.3 Å². The van der Waals surface area contributed by atoms with Crippen LogP contribution < -0.4 is 13.8 Å². The summed E-state index contributed by atoms with van der Waals surface area (Å²) >= 11 is 3.24. The zero-order valence-corrected chi connectivity index (χ0v) is 15.5. The second-order valence-corrected chi connectivity index (χ2v) is 7.90. The fraction of sp³-hybridized carbons (Fsp3) is 0.188. The zero-order chi connectivity index (χ0) is 18.2. The summed E-state index contributed by atoms with van der Waals surface area (Å²) in [7, 11) is -4.15. The van der Waals surface area contributed by atoms with Crippen LogP contribution in [-0.2, 0) is 21.6 Å². The summed E-state index contributed by atoms with van der Waals surface area (Å²) in [5.74, 6) is -1.47. The van der Waals surface area contributed by atoms with Gasteiger partial charge in [-0.15, -0.1) is 0 Å². The number of rotatable bonds is 4. The molecule has 1 aliphatic rings. The van der Waals surface area contributed by atoms with Crippen molar-refractivity contribution in [3.63, 3.8) is 0 Å². The monoisotopic (exact) mass is 428 g/mol. The third-order valence-corrected chi connectivity index (χ3v) is 5.89. The second-order valence-electron chi connectivity index (χ2n) is 5.46. The first kappa shape index (κ1) is 17.7. The molecule has 0 atom stereocenters. The van der Waals surface area contributed by atoms with E-state index in [0.29, 0.717) is 8.78 Å². The topological polar surface area (TPSA) is 75.7 Å². The molecule has 0 spiro atoms. The molecule has 1 N–H and O–H groups in total. The SMILES string of the molecule is Cc1c(Br)cc(OCc2ccccc2)c(N2CC(=O)NS2(=O)=O)c1F. The minimum absolute atomic E-state index is 0.0268. The summed E-state index contributed by atoms with van der Waals surface area (Å²) < 4.78 is 47.6. The van der Waals surface area contributed by atoms with Crippen LogP contribution >= 0.6 is 15.9 Å². The van der Waals surface area contributed by atoms with Crippen molar-refractivity contribution < 1.29 is 22.3 Å². The molecule has 1 fully saturated rings. The zero-order valence-electron chi connectivity index (χ0n) is 13.1. The van der Waals surface area contributed by atoms with Gasteiger partial charge in [0.25, 0.3) is 5.91 Å². The van der Waals surface area contributed by atoms with Gasteiger partial charge in [-0.25, -0.2) is 13.4 Å². The Labute approximate surface area is 152 Å². The molecule has 6 nitrogen and oxygen atoms in total. The van der Waals surface area contributed by atoms with Crippen LogP contribution in [0.5, 0.6) is 5.75 Å². The summed E-state index contributed by atoms with van der Waals surface area (Å²) in [6.07, 6.45) is 0. The Morgan fingerprint density at radius 2 is 2.00 bits per heavy atom. The van der Waals surface area contributed by atoms with E-state index in [1.54, 1.807) is 0 Å². The molecule has 0 saturated carbocycles. The average Bonchev–Trinajstić information content (AvgIpc) is 2.84. The fourth-order valence-electron chi connectivity index (χ4n) is 2.41. The van der Waals surface area contributed by atoms with E-state index in [1.807, 2.05) is 35.1 Å². The van der Waals surface area contributed by atoms with Crippen molar-refractivity contribution in [2.24, 2.45) is 0 Å². The Hall–Kier alpha value is -2.13. The summed E-state index contributed by atoms with van der Waals surface area (Å²) in [5, 5.41) is 0. The van der Waals surface area contributed by atoms with Gasteiger partial charge in [0.15, 0.2) is 5.82 Å². The van der Waals surface area contributed by atoms with E-state index < -0.39 is 28.5 Å². The smallest absolute Gasteiger partial charge is 0.326 e. The van der Waals surface area contributed by atoms with Crippen molar-refractivity contribution >= 4 is 37.7 Å². The molecular formula is C16H14BrFN2O4S. The largest absolute Gasteiger partial charge is 0.487 e. The standard InChI is InChI=1S/C16H14BrFN2O4S/c1-10-12(17)7-13(24-9-11-5-3-2-4-6-11)16(15(10)18)20-8-14(21)19-25(20,22)23/h2-7H,8-9H2,1H3,(H,19,21). The number of hydrogen-bond donors (Lipinski definition) is 1. The van der Waals surface area contributed by atoms with Gasteiger partial charge < -0.3 is 4.74 Å². The normalized spacial score (nSPS) is 16.0. The third-order valence-electron chi connectivity index (χ3n) is 3.69. The lowest BCUT2D eigenvalue weighted by Crippen LogP contribution is -2.30. The number of carbonyl (C=O) groups is 1. The van der Waals surface area contributed by atoms with Gasteiger partial charge in [-0.05, 0) is 18.6 Å². The van der Waals surface area contributed by atoms with Crippen molar-refractivity contribution in [3.05, 3.63) is 57.8 Å². The van der Waals surface area contributed by atoms with Gasteiger partial charge in [0.05, 0.1) is 0 Å². The van der Waals surface area contributed by atoms with Crippen LogP contribution in [0, 0.1) is 12.7 Å². The first-order chi connectivity index (χ1) is 11.8. The molecule has 1 amide bonds. The predicted molar refractivity (Wildman–Crippen MR) is 94.0 cm³/mol. The molecule has 1 aliphatic heterocycles. The van der Waals surface area contributed by atoms with Crippen molar-refractivity contribution in [1.29, 1.82) is 0 Å². The van der Waals surface area contributed by atoms with Crippen LogP contribution in [0.4, 0.5) is 10.1 Å². The molecule has 1 heterocycles. The third kappa shape index (κ3) is 3.47. The van der Waals surface area contributed by atoms with Crippen molar-refractivity contribution in [1.82, 2.24) is 4.72 Å². The Kier molecular flexibility index (Phi) is 4.70. The summed E-state index contributed by atoms with van der Waals surface area (Å²) in [6, 6.07) is 10.7. The summed E-state index contributed by atoms with van der Waals surface area (Å²) in [4.78, 5) is 11.5. The van der Waals surface area contributed by atoms with E-state index in [9.17, 15) is 17.6 Å². The Morgan fingerprint density at radius 1 is 1.32 bits per heavy atom. The minimum Gasteiger partial charge on any atom is -0.487 e. The van der Waals surface area contributed by atoms with E-state index in [1.165, 1.54) is 13.0 Å². The minimum atomic E-state index is -4.15. The predicted octanol–water partition coefficient (Wildman–Crippen LogP) is 2.66. The highest BCUT2D eigenvalue weighted by Gasteiger charge is 2.38. The molecule has 0 radical (unpaired) electrons. The molecule has 132 valence electrons. The highest BCUT2D eigenvalue weighted by Crippen LogP contribution is 2.39. The maximum absolute atomic E-state index is 14.8. The number of hydrogen-bond acceptors (Lipinski definition) is 4. The first-order valence-corrected chi connectivity index (χ1v) is 9.51. The number of ether oxygens (including phenoxy) is 1. The van der Waals surface area contributed by atoms with Crippen LogP contribution in [0.1, 0.15) is 11.1 Å². The number of nitrogens with one attached hydrogen (secondary N) is 1. The number of anilines is 1. The number of carbonyl (C=O) groups excluding carboxylic acids is 1. The lowest BCUT2D eigenvalue weighted by molar-refractivity contribution is -0.117. The van der Waals surface area contributed by atoms with E-state index in [0.717, 1.165) is 5.56 Å². The maximum Gasteiger partial charge on any atom is 0.326 e. The van der Waals surface area contributed by atoms with Gasteiger partial charge >= 0.3 is 10.2 Å². The Bertz CT molecular complexity index is 935. The van der Waals surface area contributed by atoms with Crippen LogP contribution in [0.25, 0.3) is 0 Å². The van der Waals surface area contributed by atoms with Gasteiger partial charge in [0.1, 0.15) is 24.6 Å². The number of nitrogens with zero attached hydrogens (tertiary/aromatic N) is 1. The van der Waals surface area contributed by atoms with Crippen molar-refractivity contribution in [3.8, 4) is 5.75 Å². The first-order valence-electron chi connectivity index (χ1n) is 7.28. The molecule has 0 unspecified atom stereocenters. The lowest BCUT2D eigenvalue weighted by atomic mass is 10.2. The molecule has 0 aromatic heterocycles. The van der Waals surface area contributed by atoms with Crippen molar-refractivity contribution in [2.45, 2.75) is 13.5 Å². The molecule has 9 heteroatoms. The second kappa shape index (κ2) is 6.64. The molecule has 2 aromatic carbocycles. The van der Waals surface area contributed by atoms with Crippen LogP contribution in [0.15, 0.2) is 40.9 Å². The molecule has 0 bridgehead atoms. The quantitative estimate of drug-likeness (QED) is 0.811. The van der Waals surface area contributed by atoms with Crippen LogP contribution in [0.3, 0.4) is 0 Å². The molecule has 3 rings (SSSR count).